The second kappa shape index (κ2) is 9.42. The number of carbonyl (C=O) groups is 2. The van der Waals surface area contributed by atoms with Crippen molar-refractivity contribution in [1.82, 2.24) is 0 Å². The number of amidine groups is 1. The molecule has 0 radical (unpaired) electrons. The maximum Gasteiger partial charge on any atom is 0.316 e. The van der Waals surface area contributed by atoms with Crippen LogP contribution in [0.4, 0.5) is 10.1 Å². The number of hydrogen-bond donors (Lipinski definition) is 0. The highest BCUT2D eigenvalue weighted by atomic mass is 35.5. The van der Waals surface area contributed by atoms with E-state index >= 15 is 0 Å². The molecule has 0 unspecified atom stereocenters. The molecule has 1 amide bonds. The van der Waals surface area contributed by atoms with E-state index in [4.69, 9.17) is 27.9 Å². The van der Waals surface area contributed by atoms with Crippen molar-refractivity contribution in [3.63, 3.8) is 0 Å². The van der Waals surface area contributed by atoms with Crippen molar-refractivity contribution in [2.24, 2.45) is 4.99 Å². The van der Waals surface area contributed by atoms with Crippen LogP contribution in [0.5, 0.6) is 0 Å². The summed E-state index contributed by atoms with van der Waals surface area (Å²) in [6.45, 7) is 5.28. The zero-order chi connectivity index (χ0) is 22.8. The molecule has 0 spiro atoms. The monoisotopic (exact) mass is 480 g/mol. The van der Waals surface area contributed by atoms with Gasteiger partial charge in [-0.3, -0.25) is 14.5 Å². The van der Waals surface area contributed by atoms with Crippen molar-refractivity contribution in [3.05, 3.63) is 69.6 Å². The zero-order valence-corrected chi connectivity index (χ0v) is 19.3. The molecule has 1 aliphatic heterocycles. The van der Waals surface area contributed by atoms with Gasteiger partial charge < -0.3 is 4.74 Å². The standard InChI is InChI=1S/C22H19Cl2FN2O3S/c1-22(2,3)30-19(28)12-31-21-26-17(11-13-8-9-14(23)15(24)10-13)20(29)27(21)18-7-5-4-6-16(18)25/h4-11H,12H2,1-3H3/b17-11-. The Morgan fingerprint density at radius 3 is 2.55 bits per heavy atom. The molecule has 9 heteroatoms. The second-order valence-corrected chi connectivity index (χ2v) is 9.32. The molecule has 1 heterocycles. The van der Waals surface area contributed by atoms with E-state index in [2.05, 4.69) is 4.99 Å². The largest absolute Gasteiger partial charge is 0.459 e. The van der Waals surface area contributed by atoms with Gasteiger partial charge in [0.15, 0.2) is 5.17 Å². The summed E-state index contributed by atoms with van der Waals surface area (Å²) in [6.07, 6.45) is 1.53. The number of anilines is 1. The first-order valence-electron chi connectivity index (χ1n) is 9.24. The minimum Gasteiger partial charge on any atom is -0.459 e. The molecule has 0 saturated heterocycles. The van der Waals surface area contributed by atoms with Crippen LogP contribution in [0.15, 0.2) is 53.2 Å². The van der Waals surface area contributed by atoms with Crippen molar-refractivity contribution in [3.8, 4) is 0 Å². The quantitative estimate of drug-likeness (QED) is 0.400. The van der Waals surface area contributed by atoms with Crippen molar-refractivity contribution in [2.75, 3.05) is 10.7 Å². The molecule has 1 aliphatic rings. The number of para-hydroxylation sites is 1. The third-order valence-corrected chi connectivity index (χ3v) is 5.56. The maximum absolute atomic E-state index is 14.5. The Morgan fingerprint density at radius 2 is 1.90 bits per heavy atom. The van der Waals surface area contributed by atoms with Gasteiger partial charge in [-0.2, -0.15) is 0 Å². The van der Waals surface area contributed by atoms with E-state index in [0.29, 0.717) is 15.6 Å². The van der Waals surface area contributed by atoms with Gasteiger partial charge in [0.25, 0.3) is 5.91 Å². The number of hydrogen-bond acceptors (Lipinski definition) is 5. The molecule has 0 aromatic heterocycles. The number of thioether (sulfide) groups is 1. The number of aliphatic imine (C=N–C) groups is 1. The fourth-order valence-electron chi connectivity index (χ4n) is 2.69. The summed E-state index contributed by atoms with van der Waals surface area (Å²) < 4.78 is 19.8. The normalized spacial score (nSPS) is 15.4. The third-order valence-electron chi connectivity index (χ3n) is 3.91. The SMILES string of the molecule is CC(C)(C)OC(=O)CSC1=N/C(=C\c2ccc(Cl)c(Cl)c2)C(=O)N1c1ccccc1F. The summed E-state index contributed by atoms with van der Waals surface area (Å²) in [5, 5.41) is 0.884. The lowest BCUT2D eigenvalue weighted by Gasteiger charge is -2.20. The van der Waals surface area contributed by atoms with Crippen LogP contribution < -0.4 is 4.90 Å². The van der Waals surface area contributed by atoms with E-state index in [0.717, 1.165) is 16.7 Å². The summed E-state index contributed by atoms with van der Waals surface area (Å²) in [7, 11) is 0. The van der Waals surface area contributed by atoms with Gasteiger partial charge in [-0.05, 0) is 56.7 Å². The molecule has 0 bridgehead atoms. The summed E-state index contributed by atoms with van der Waals surface area (Å²) in [6, 6.07) is 10.7. The Labute approximate surface area is 193 Å². The molecule has 162 valence electrons. The lowest BCUT2D eigenvalue weighted by atomic mass is 10.2. The van der Waals surface area contributed by atoms with E-state index in [1.807, 2.05) is 0 Å². The van der Waals surface area contributed by atoms with Crippen LogP contribution in [0, 0.1) is 5.82 Å². The predicted octanol–water partition coefficient (Wildman–Crippen LogP) is 5.95. The Hall–Kier alpha value is -2.35. The maximum atomic E-state index is 14.5. The van der Waals surface area contributed by atoms with Gasteiger partial charge in [-0.15, -0.1) is 0 Å². The highest BCUT2D eigenvalue weighted by molar-refractivity contribution is 8.14. The zero-order valence-electron chi connectivity index (χ0n) is 17.0. The van der Waals surface area contributed by atoms with Crippen molar-refractivity contribution in [2.45, 2.75) is 26.4 Å². The summed E-state index contributed by atoms with van der Waals surface area (Å²) >= 11 is 13.0. The Bertz CT molecular complexity index is 1100. The van der Waals surface area contributed by atoms with Crippen molar-refractivity contribution < 1.29 is 18.7 Å². The van der Waals surface area contributed by atoms with Crippen molar-refractivity contribution in [1.29, 1.82) is 0 Å². The van der Waals surface area contributed by atoms with E-state index in [1.165, 1.54) is 24.3 Å². The molecule has 0 saturated carbocycles. The lowest BCUT2D eigenvalue weighted by molar-refractivity contribution is -0.151. The number of esters is 1. The number of rotatable bonds is 4. The molecule has 5 nitrogen and oxygen atoms in total. The Morgan fingerprint density at radius 1 is 1.19 bits per heavy atom. The number of carbonyl (C=O) groups excluding carboxylic acids is 2. The number of benzene rings is 2. The highest BCUT2D eigenvalue weighted by Crippen LogP contribution is 2.32. The van der Waals surface area contributed by atoms with E-state index in [1.54, 1.807) is 45.0 Å². The summed E-state index contributed by atoms with van der Waals surface area (Å²) in [4.78, 5) is 30.7. The van der Waals surface area contributed by atoms with Crippen LogP contribution in [0.25, 0.3) is 6.08 Å². The molecule has 0 aliphatic carbocycles. The molecule has 3 rings (SSSR count). The van der Waals surface area contributed by atoms with E-state index in [9.17, 15) is 14.0 Å². The minimum absolute atomic E-state index is 0.0421. The van der Waals surface area contributed by atoms with Crippen LogP contribution in [0.3, 0.4) is 0 Å². The van der Waals surface area contributed by atoms with Crippen LogP contribution >= 0.6 is 35.0 Å². The summed E-state index contributed by atoms with van der Waals surface area (Å²) in [5.41, 5.74) is 0.0805. The van der Waals surface area contributed by atoms with Gasteiger partial charge in [-0.25, -0.2) is 9.38 Å². The molecule has 0 fully saturated rings. The molecule has 31 heavy (non-hydrogen) atoms. The summed E-state index contributed by atoms with van der Waals surface area (Å²) in [5.74, 6) is -1.67. The van der Waals surface area contributed by atoms with Crippen LogP contribution in [0.2, 0.25) is 10.0 Å². The highest BCUT2D eigenvalue weighted by Gasteiger charge is 2.34. The number of ether oxygens (including phenoxy) is 1. The Kier molecular flexibility index (Phi) is 7.09. The van der Waals surface area contributed by atoms with Gasteiger partial charge in [0, 0.05) is 0 Å². The molecular formula is C22H19Cl2FN2O3S. The first kappa shape index (κ1) is 23.3. The van der Waals surface area contributed by atoms with Gasteiger partial charge in [0.05, 0.1) is 21.5 Å². The van der Waals surface area contributed by atoms with E-state index in [-0.39, 0.29) is 22.3 Å². The molecule has 2 aromatic rings. The number of halogens is 3. The smallest absolute Gasteiger partial charge is 0.316 e. The topological polar surface area (TPSA) is 59.0 Å². The predicted molar refractivity (Wildman–Crippen MR) is 124 cm³/mol. The minimum atomic E-state index is -0.644. The second-order valence-electron chi connectivity index (χ2n) is 7.56. The number of nitrogens with zero attached hydrogens (tertiary/aromatic N) is 2. The lowest BCUT2D eigenvalue weighted by Crippen LogP contribution is -2.32. The molecule has 0 atom stereocenters. The van der Waals surface area contributed by atoms with E-state index < -0.39 is 23.3 Å². The fourth-order valence-corrected chi connectivity index (χ4v) is 3.78. The third kappa shape index (κ3) is 5.87. The molecule has 0 N–H and O–H groups in total. The molecule has 2 aromatic carbocycles. The average molecular weight is 481 g/mol. The van der Waals surface area contributed by atoms with Crippen molar-refractivity contribution >= 4 is 63.8 Å². The van der Waals surface area contributed by atoms with Gasteiger partial charge in [0.2, 0.25) is 0 Å². The first-order valence-corrected chi connectivity index (χ1v) is 11.0. The Balaban J connectivity index is 1.93. The first-order chi connectivity index (χ1) is 14.5. The molecular weight excluding hydrogens is 462 g/mol. The number of amides is 1. The van der Waals surface area contributed by atoms with Gasteiger partial charge in [0.1, 0.15) is 17.1 Å². The van der Waals surface area contributed by atoms with Gasteiger partial charge in [-0.1, -0.05) is 53.2 Å². The fraction of sp³-hybridized carbons (Fsp3) is 0.227. The average Bonchev–Trinajstić information content (AvgIpc) is 2.97. The van der Waals surface area contributed by atoms with Crippen LogP contribution in [0.1, 0.15) is 26.3 Å². The van der Waals surface area contributed by atoms with Crippen LogP contribution in [-0.2, 0) is 14.3 Å². The van der Waals surface area contributed by atoms with Crippen LogP contribution in [-0.4, -0.2) is 28.4 Å². The van der Waals surface area contributed by atoms with Gasteiger partial charge >= 0.3 is 5.97 Å².